The van der Waals surface area contributed by atoms with Crippen LogP contribution in [0.25, 0.3) is 0 Å². The largest absolute Gasteiger partial charge is 0.508 e. The van der Waals surface area contributed by atoms with Crippen molar-refractivity contribution < 1.29 is 73.5 Å². The Morgan fingerprint density at radius 3 is 1.53 bits per heavy atom. The van der Waals surface area contributed by atoms with Crippen molar-refractivity contribution in [2.45, 2.75) is 107 Å². The van der Waals surface area contributed by atoms with Crippen LogP contribution in [0.5, 0.6) is 5.75 Å². The number of nitrogens with one attached hydrogen (secondary N) is 7. The Morgan fingerprint density at radius 2 is 1.01 bits per heavy atom. The molecule has 0 bridgehead atoms. The number of carboxylic acid groups (broad SMARTS) is 4. The van der Waals surface area contributed by atoms with E-state index in [9.17, 15) is 68.4 Å². The standard InChI is InChI=1S/C43H56N10O15/c44-15-5-4-8-28(48-37(61)27(45)18-25-21-46-22-47-25)38(62)50-31(17-24-9-11-26(54)12-10-24)41(65)51-30(16-23-6-2-1-3-7-23)40(64)49-29(13-14-34(55)56)39(63)52-32(19-35(57)58)42(66)53-33(43(67)68)20-36(59)60/h1-3,6-7,9-12,21-22,27-33,54H,4-5,8,13-20,44-45H2,(H,46,47)(H,48,61)(H,49,64)(H,50,62)(H,51,65)(H,52,63)(H,53,66)(H,55,56)(H,57,58)(H,59,60)(H,67,68)/t27-,28+,29+,30-,31+,32-,33-/m1/s1. The molecule has 0 fully saturated rings. The summed E-state index contributed by atoms with van der Waals surface area (Å²) in [6, 6.07) is 2.41. The van der Waals surface area contributed by atoms with Gasteiger partial charge >= 0.3 is 23.9 Å². The number of carboxylic acids is 4. The van der Waals surface area contributed by atoms with Crippen molar-refractivity contribution in [2.75, 3.05) is 6.54 Å². The summed E-state index contributed by atoms with van der Waals surface area (Å²) >= 11 is 0. The first-order valence-electron chi connectivity index (χ1n) is 21.2. The molecule has 6 amide bonds. The van der Waals surface area contributed by atoms with E-state index in [2.05, 4.69) is 36.6 Å². The van der Waals surface area contributed by atoms with Crippen LogP contribution < -0.4 is 43.4 Å². The monoisotopic (exact) mass is 952 g/mol. The molecule has 25 heteroatoms. The van der Waals surface area contributed by atoms with Gasteiger partial charge in [-0.05, 0) is 55.5 Å². The van der Waals surface area contributed by atoms with E-state index < -0.39 is 127 Å². The minimum absolute atomic E-state index is 0.0542. The van der Waals surface area contributed by atoms with Crippen LogP contribution in [0.15, 0.2) is 67.1 Å². The molecular weight excluding hydrogens is 897 g/mol. The van der Waals surface area contributed by atoms with Crippen molar-refractivity contribution in [3.05, 3.63) is 83.9 Å². The summed E-state index contributed by atoms with van der Waals surface area (Å²) in [5.74, 6) is -12.9. The lowest BCUT2D eigenvalue weighted by Gasteiger charge is -2.27. The van der Waals surface area contributed by atoms with Crippen molar-refractivity contribution in [3.8, 4) is 5.75 Å². The molecule has 368 valence electrons. The number of imidazole rings is 1. The number of benzene rings is 2. The van der Waals surface area contributed by atoms with Gasteiger partial charge in [0.05, 0.1) is 25.2 Å². The van der Waals surface area contributed by atoms with E-state index >= 15 is 0 Å². The van der Waals surface area contributed by atoms with Crippen LogP contribution in [-0.4, -0.2) is 144 Å². The van der Waals surface area contributed by atoms with Gasteiger partial charge in [0, 0.05) is 37.6 Å². The highest BCUT2D eigenvalue weighted by molar-refractivity contribution is 5.98. The van der Waals surface area contributed by atoms with Gasteiger partial charge in [-0.3, -0.25) is 43.2 Å². The maximum Gasteiger partial charge on any atom is 0.326 e. The number of aliphatic carboxylic acids is 4. The molecule has 1 aromatic heterocycles. The Kier molecular flexibility index (Phi) is 22.0. The van der Waals surface area contributed by atoms with Crippen LogP contribution in [0.2, 0.25) is 0 Å². The van der Waals surface area contributed by atoms with E-state index in [0.29, 0.717) is 29.7 Å². The number of nitrogens with two attached hydrogens (primary N) is 2. The third kappa shape index (κ3) is 19.3. The predicted octanol–water partition coefficient (Wildman–Crippen LogP) is -2.59. The highest BCUT2D eigenvalue weighted by Gasteiger charge is 2.35. The molecule has 1 heterocycles. The van der Waals surface area contributed by atoms with E-state index in [4.69, 9.17) is 16.6 Å². The van der Waals surface area contributed by atoms with Crippen molar-refractivity contribution in [1.82, 2.24) is 41.9 Å². The molecule has 16 N–H and O–H groups in total. The Bertz CT molecular complexity index is 2210. The molecule has 0 unspecified atom stereocenters. The van der Waals surface area contributed by atoms with Gasteiger partial charge in [-0.1, -0.05) is 42.5 Å². The first-order chi connectivity index (χ1) is 32.3. The summed E-state index contributed by atoms with van der Waals surface area (Å²) in [6.45, 7) is 0.275. The van der Waals surface area contributed by atoms with Crippen LogP contribution in [0.3, 0.4) is 0 Å². The minimum atomic E-state index is -2.06. The highest BCUT2D eigenvalue weighted by atomic mass is 16.4. The number of nitrogens with zero attached hydrogens (tertiary/aromatic N) is 1. The van der Waals surface area contributed by atoms with E-state index in [0.717, 1.165) is 0 Å². The number of hydrogen-bond donors (Lipinski definition) is 14. The van der Waals surface area contributed by atoms with Gasteiger partial charge < -0.3 is 73.9 Å². The molecule has 0 radical (unpaired) electrons. The van der Waals surface area contributed by atoms with Gasteiger partial charge in [-0.2, -0.15) is 0 Å². The Balaban J connectivity index is 1.96. The number of carbonyl (C=O) groups excluding carboxylic acids is 6. The fourth-order valence-corrected chi connectivity index (χ4v) is 6.56. The Morgan fingerprint density at radius 1 is 0.544 bits per heavy atom. The number of rotatable bonds is 30. The van der Waals surface area contributed by atoms with Gasteiger partial charge in [-0.15, -0.1) is 0 Å². The molecule has 7 atom stereocenters. The number of aromatic nitrogens is 2. The molecule has 3 aromatic rings. The van der Waals surface area contributed by atoms with Gasteiger partial charge in [0.1, 0.15) is 42.0 Å². The smallest absolute Gasteiger partial charge is 0.326 e. The lowest BCUT2D eigenvalue weighted by molar-refractivity contribution is -0.148. The second-order valence-electron chi connectivity index (χ2n) is 15.6. The normalized spacial score (nSPS) is 14.0. The third-order valence-corrected chi connectivity index (χ3v) is 10.1. The molecule has 68 heavy (non-hydrogen) atoms. The first kappa shape index (κ1) is 54.4. The molecule has 0 aliphatic rings. The quantitative estimate of drug-likeness (QED) is 0.0305. The van der Waals surface area contributed by atoms with Crippen LogP contribution in [0, 0.1) is 0 Å². The molecular formula is C43H56N10O15. The molecule has 0 spiro atoms. The predicted molar refractivity (Wildman–Crippen MR) is 236 cm³/mol. The molecule has 0 saturated carbocycles. The zero-order chi connectivity index (χ0) is 50.3. The minimum Gasteiger partial charge on any atom is -0.508 e. The van der Waals surface area contributed by atoms with Gasteiger partial charge in [-0.25, -0.2) is 9.78 Å². The second kappa shape index (κ2) is 27.5. The number of unbranched alkanes of at least 4 members (excludes halogenated alkanes) is 1. The SMILES string of the molecule is NCCCC[C@H](NC(=O)[C@H](N)Cc1cnc[nH]1)C(=O)N[C@@H](Cc1ccc(O)cc1)C(=O)N[C@H](Cc1ccccc1)C(=O)N[C@@H](CCC(=O)O)C(=O)N[C@H](CC(=O)O)C(=O)N[C@H](CC(=O)O)C(=O)O. The van der Waals surface area contributed by atoms with Crippen LogP contribution in [-0.2, 0) is 67.2 Å². The Labute approximate surface area is 388 Å². The number of H-pyrrole nitrogens is 1. The molecule has 0 aliphatic heterocycles. The van der Waals surface area contributed by atoms with E-state index in [1.165, 1.54) is 36.8 Å². The van der Waals surface area contributed by atoms with Gasteiger partial charge in [0.25, 0.3) is 0 Å². The number of phenols is 1. The number of carbonyl (C=O) groups is 10. The van der Waals surface area contributed by atoms with E-state index in [1.807, 2.05) is 5.32 Å². The average Bonchev–Trinajstić information content (AvgIpc) is 3.80. The number of aromatic hydroxyl groups is 1. The summed E-state index contributed by atoms with van der Waals surface area (Å²) in [5, 5.41) is 61.4. The van der Waals surface area contributed by atoms with Gasteiger partial charge in [0.2, 0.25) is 35.4 Å². The number of phenolic OH excluding ortho intramolecular Hbond substituents is 1. The van der Waals surface area contributed by atoms with E-state index in [1.54, 1.807) is 30.3 Å². The summed E-state index contributed by atoms with van der Waals surface area (Å²) < 4.78 is 0. The molecule has 25 nitrogen and oxygen atoms in total. The number of aromatic amines is 1. The lowest BCUT2D eigenvalue weighted by atomic mass is 10.0. The molecule has 2 aromatic carbocycles. The summed E-state index contributed by atoms with van der Waals surface area (Å²) in [5.41, 5.74) is 13.3. The average molecular weight is 953 g/mol. The van der Waals surface area contributed by atoms with E-state index in [-0.39, 0.29) is 38.0 Å². The topological polar surface area (TPSA) is 425 Å². The summed E-state index contributed by atoms with van der Waals surface area (Å²) in [4.78, 5) is 136. The Hall–Kier alpha value is -7.93. The molecule has 3 rings (SSSR count). The molecule has 0 saturated heterocycles. The second-order valence-corrected chi connectivity index (χ2v) is 15.6. The zero-order valence-electron chi connectivity index (χ0n) is 36.6. The fraction of sp³-hybridized carbons (Fsp3) is 0.419. The van der Waals surface area contributed by atoms with Crippen LogP contribution in [0.1, 0.15) is 61.8 Å². The maximum atomic E-state index is 14.4. The summed E-state index contributed by atoms with van der Waals surface area (Å²) in [6.07, 6.45) is -0.310. The number of hydrogen-bond acceptors (Lipinski definition) is 14. The highest BCUT2D eigenvalue weighted by Crippen LogP contribution is 2.14. The van der Waals surface area contributed by atoms with Crippen LogP contribution >= 0.6 is 0 Å². The first-order valence-corrected chi connectivity index (χ1v) is 21.2. The fourth-order valence-electron chi connectivity index (χ4n) is 6.56. The third-order valence-electron chi connectivity index (χ3n) is 10.1. The maximum absolute atomic E-state index is 14.4. The molecule has 0 aliphatic carbocycles. The number of amides is 6. The van der Waals surface area contributed by atoms with Crippen LogP contribution in [0.4, 0.5) is 0 Å². The summed E-state index contributed by atoms with van der Waals surface area (Å²) in [7, 11) is 0. The van der Waals surface area contributed by atoms with Crippen molar-refractivity contribution in [1.29, 1.82) is 0 Å². The lowest BCUT2D eigenvalue weighted by Crippen LogP contribution is -2.60. The van der Waals surface area contributed by atoms with Crippen molar-refractivity contribution >= 4 is 59.3 Å². The van der Waals surface area contributed by atoms with Crippen molar-refractivity contribution in [3.63, 3.8) is 0 Å². The zero-order valence-corrected chi connectivity index (χ0v) is 36.6. The van der Waals surface area contributed by atoms with Gasteiger partial charge in [0.15, 0.2) is 0 Å². The van der Waals surface area contributed by atoms with Crippen molar-refractivity contribution in [2.24, 2.45) is 11.5 Å².